The van der Waals surface area contributed by atoms with E-state index in [-0.39, 0.29) is 17.4 Å². The number of hydrogen-bond donors (Lipinski definition) is 2. The molecule has 3 N–H and O–H groups in total. The third-order valence-electron chi connectivity index (χ3n) is 1.87. The predicted molar refractivity (Wildman–Crippen MR) is 59.8 cm³/mol. The number of carbonyl (C=O) groups excluding carboxylic acids is 1. The first kappa shape index (κ1) is 11.6. The Hall–Kier alpha value is -1.49. The molecule has 0 aliphatic heterocycles. The lowest BCUT2D eigenvalue weighted by atomic mass is 10.1. The Morgan fingerprint density at radius 2 is 2.27 bits per heavy atom. The van der Waals surface area contributed by atoms with Crippen molar-refractivity contribution in [2.45, 2.75) is 13.5 Å². The van der Waals surface area contributed by atoms with E-state index >= 15 is 0 Å². The lowest BCUT2D eigenvalue weighted by molar-refractivity contribution is -0.119. The molecule has 0 saturated carbocycles. The smallest absolute Gasteiger partial charge is 0.217 e. The molecule has 1 rings (SSSR count). The van der Waals surface area contributed by atoms with Crippen molar-refractivity contribution in [1.82, 2.24) is 5.32 Å². The second kappa shape index (κ2) is 4.84. The summed E-state index contributed by atoms with van der Waals surface area (Å²) in [6.45, 7) is 1.54. The molecular formula is C10H11FN2OS. The van der Waals surface area contributed by atoms with Crippen LogP contribution in [0.1, 0.15) is 18.1 Å². The molecule has 1 amide bonds. The quantitative estimate of drug-likeness (QED) is 0.759. The SMILES string of the molecule is CC(=O)NCc1ccc(C(N)=S)cc1F. The van der Waals surface area contributed by atoms with Crippen LogP contribution >= 0.6 is 12.2 Å². The third-order valence-corrected chi connectivity index (χ3v) is 2.10. The van der Waals surface area contributed by atoms with Crippen LogP contribution in [0.15, 0.2) is 18.2 Å². The summed E-state index contributed by atoms with van der Waals surface area (Å²) in [5.41, 5.74) is 6.24. The first-order valence-corrected chi connectivity index (χ1v) is 4.74. The second-order valence-electron chi connectivity index (χ2n) is 3.08. The van der Waals surface area contributed by atoms with Gasteiger partial charge in [0, 0.05) is 24.6 Å². The maximum atomic E-state index is 13.4. The van der Waals surface area contributed by atoms with Gasteiger partial charge < -0.3 is 11.1 Å². The van der Waals surface area contributed by atoms with Crippen molar-refractivity contribution in [3.63, 3.8) is 0 Å². The van der Waals surface area contributed by atoms with E-state index < -0.39 is 5.82 Å². The van der Waals surface area contributed by atoms with Gasteiger partial charge in [0.25, 0.3) is 0 Å². The van der Waals surface area contributed by atoms with Gasteiger partial charge in [-0.1, -0.05) is 24.4 Å². The van der Waals surface area contributed by atoms with Gasteiger partial charge in [0.2, 0.25) is 5.91 Å². The Bertz CT molecular complexity index is 406. The molecule has 0 heterocycles. The molecule has 0 aliphatic rings. The molecule has 0 bridgehead atoms. The van der Waals surface area contributed by atoms with Gasteiger partial charge in [0.05, 0.1) is 0 Å². The zero-order valence-electron chi connectivity index (χ0n) is 8.21. The summed E-state index contributed by atoms with van der Waals surface area (Å²) in [6.07, 6.45) is 0. The third kappa shape index (κ3) is 3.28. The highest BCUT2D eigenvalue weighted by Crippen LogP contribution is 2.10. The number of hydrogen-bond acceptors (Lipinski definition) is 2. The van der Waals surface area contributed by atoms with Crippen molar-refractivity contribution in [1.29, 1.82) is 0 Å². The van der Waals surface area contributed by atoms with Crippen LogP contribution in [0.2, 0.25) is 0 Å². The Morgan fingerprint density at radius 1 is 1.60 bits per heavy atom. The van der Waals surface area contributed by atoms with Crippen molar-refractivity contribution in [3.05, 3.63) is 35.1 Å². The van der Waals surface area contributed by atoms with Crippen LogP contribution in [0.3, 0.4) is 0 Å². The minimum atomic E-state index is -0.422. The zero-order valence-corrected chi connectivity index (χ0v) is 9.03. The number of nitrogens with one attached hydrogen (secondary N) is 1. The fourth-order valence-corrected chi connectivity index (χ4v) is 1.19. The number of rotatable bonds is 3. The molecule has 1 aromatic rings. The first-order valence-electron chi connectivity index (χ1n) is 4.33. The Morgan fingerprint density at radius 3 is 2.73 bits per heavy atom. The molecule has 0 spiro atoms. The molecule has 0 radical (unpaired) electrons. The van der Waals surface area contributed by atoms with E-state index in [4.69, 9.17) is 18.0 Å². The Kier molecular flexibility index (Phi) is 3.74. The normalized spacial score (nSPS) is 9.73. The summed E-state index contributed by atoms with van der Waals surface area (Å²) in [6, 6.07) is 4.45. The highest BCUT2D eigenvalue weighted by molar-refractivity contribution is 7.80. The van der Waals surface area contributed by atoms with E-state index in [0.29, 0.717) is 11.1 Å². The molecule has 3 nitrogen and oxygen atoms in total. The van der Waals surface area contributed by atoms with Crippen LogP contribution in [0.5, 0.6) is 0 Å². The molecule has 15 heavy (non-hydrogen) atoms. The number of amides is 1. The molecule has 0 saturated heterocycles. The number of nitrogens with two attached hydrogens (primary N) is 1. The summed E-state index contributed by atoms with van der Waals surface area (Å²) in [5.74, 6) is -0.623. The molecule has 1 aromatic carbocycles. The molecule has 5 heteroatoms. The lowest BCUT2D eigenvalue weighted by Gasteiger charge is -2.05. The summed E-state index contributed by atoms with van der Waals surface area (Å²) in [7, 11) is 0. The zero-order chi connectivity index (χ0) is 11.4. The standard InChI is InChI=1S/C10H11FN2OS/c1-6(14)13-5-8-3-2-7(10(12)15)4-9(8)11/h2-4H,5H2,1H3,(H2,12,15)(H,13,14). The van der Waals surface area contributed by atoms with E-state index in [1.54, 1.807) is 12.1 Å². The van der Waals surface area contributed by atoms with Crippen LogP contribution in [0, 0.1) is 5.82 Å². The molecule has 0 unspecified atom stereocenters. The highest BCUT2D eigenvalue weighted by atomic mass is 32.1. The monoisotopic (exact) mass is 226 g/mol. The first-order chi connectivity index (χ1) is 7.00. The van der Waals surface area contributed by atoms with Crippen LogP contribution in [0.4, 0.5) is 4.39 Å². The molecule has 80 valence electrons. The van der Waals surface area contributed by atoms with Gasteiger partial charge in [-0.3, -0.25) is 4.79 Å². The van der Waals surface area contributed by atoms with Gasteiger partial charge in [-0.2, -0.15) is 0 Å². The number of carbonyl (C=O) groups is 1. The fraction of sp³-hybridized carbons (Fsp3) is 0.200. The summed E-state index contributed by atoms with van der Waals surface area (Å²) in [5, 5.41) is 2.51. The largest absolute Gasteiger partial charge is 0.389 e. The average Bonchev–Trinajstić information content (AvgIpc) is 2.15. The van der Waals surface area contributed by atoms with Gasteiger partial charge in [-0.15, -0.1) is 0 Å². The maximum absolute atomic E-state index is 13.4. The van der Waals surface area contributed by atoms with Crippen molar-refractivity contribution in [2.75, 3.05) is 0 Å². The van der Waals surface area contributed by atoms with E-state index in [2.05, 4.69) is 5.32 Å². The van der Waals surface area contributed by atoms with Crippen molar-refractivity contribution in [2.24, 2.45) is 5.73 Å². The van der Waals surface area contributed by atoms with Gasteiger partial charge in [0.15, 0.2) is 0 Å². The highest BCUT2D eigenvalue weighted by Gasteiger charge is 2.05. The van der Waals surface area contributed by atoms with Gasteiger partial charge in [-0.25, -0.2) is 4.39 Å². The Labute approximate surface area is 92.5 Å². The van der Waals surface area contributed by atoms with Crippen LogP contribution < -0.4 is 11.1 Å². The minimum Gasteiger partial charge on any atom is -0.389 e. The van der Waals surface area contributed by atoms with E-state index in [9.17, 15) is 9.18 Å². The van der Waals surface area contributed by atoms with Gasteiger partial charge in [0.1, 0.15) is 10.8 Å². The van der Waals surface area contributed by atoms with Gasteiger partial charge >= 0.3 is 0 Å². The van der Waals surface area contributed by atoms with E-state index in [0.717, 1.165) is 0 Å². The molecule has 0 fully saturated rings. The predicted octanol–water partition coefficient (Wildman–Crippen LogP) is 1.10. The topological polar surface area (TPSA) is 55.1 Å². The van der Waals surface area contributed by atoms with Crippen molar-refractivity contribution >= 4 is 23.1 Å². The average molecular weight is 226 g/mol. The summed E-state index contributed by atoms with van der Waals surface area (Å²) in [4.78, 5) is 10.8. The minimum absolute atomic E-state index is 0.153. The molecule has 0 atom stereocenters. The van der Waals surface area contributed by atoms with E-state index in [1.807, 2.05) is 0 Å². The van der Waals surface area contributed by atoms with E-state index in [1.165, 1.54) is 13.0 Å². The second-order valence-corrected chi connectivity index (χ2v) is 3.52. The summed E-state index contributed by atoms with van der Waals surface area (Å²) >= 11 is 4.71. The van der Waals surface area contributed by atoms with Crippen molar-refractivity contribution < 1.29 is 9.18 Å². The van der Waals surface area contributed by atoms with Crippen LogP contribution in [-0.2, 0) is 11.3 Å². The number of halogens is 1. The number of thiocarbonyl (C=S) groups is 1. The summed E-state index contributed by atoms with van der Waals surface area (Å²) < 4.78 is 13.4. The fourth-order valence-electron chi connectivity index (χ4n) is 1.06. The van der Waals surface area contributed by atoms with Crippen LogP contribution in [0.25, 0.3) is 0 Å². The Balaban J connectivity index is 2.83. The molecule has 0 aliphatic carbocycles. The molecule has 0 aromatic heterocycles. The lowest BCUT2D eigenvalue weighted by Crippen LogP contribution is -2.20. The maximum Gasteiger partial charge on any atom is 0.217 e. The number of benzene rings is 1. The van der Waals surface area contributed by atoms with Crippen molar-refractivity contribution in [3.8, 4) is 0 Å². The van der Waals surface area contributed by atoms with Gasteiger partial charge in [-0.05, 0) is 6.07 Å². The van der Waals surface area contributed by atoms with Crippen LogP contribution in [-0.4, -0.2) is 10.9 Å². The molecular weight excluding hydrogens is 215 g/mol.